The first-order chi connectivity index (χ1) is 11.8. The topological polar surface area (TPSA) is 138 Å². The van der Waals surface area contributed by atoms with Crippen LogP contribution in [0, 0.1) is 6.10 Å². The third-order valence-electron chi connectivity index (χ3n) is 4.23. The SMILES string of the molecule is COC(=O)C[C-](O)c1cnn([C@@H]2O[C@H](CO)[C@H]3OC(C)(C)OC23)c1N.[Rf]. The zero-order valence-corrected chi connectivity index (χ0v) is 21.3. The van der Waals surface area contributed by atoms with Crippen molar-refractivity contribution in [2.45, 2.75) is 50.6 Å². The maximum atomic E-state index is 11.3. The Labute approximate surface area is 144 Å². The Morgan fingerprint density at radius 2 is 2.12 bits per heavy atom. The van der Waals surface area contributed by atoms with E-state index < -0.39 is 36.3 Å². The Bertz CT molecular complexity index is 653. The second-order valence-corrected chi connectivity index (χ2v) is 6.40. The van der Waals surface area contributed by atoms with Gasteiger partial charge in [0, 0.05) is 12.2 Å². The zero-order valence-electron chi connectivity index (χ0n) is 14.9. The number of esters is 1. The van der Waals surface area contributed by atoms with Crippen LogP contribution in [0.25, 0.3) is 0 Å². The van der Waals surface area contributed by atoms with Crippen molar-refractivity contribution in [1.29, 1.82) is 0 Å². The van der Waals surface area contributed by atoms with Crippen LogP contribution in [0.5, 0.6) is 0 Å². The second kappa shape index (κ2) is 6.81. The molecule has 10 nitrogen and oxygen atoms in total. The first kappa shape index (κ1) is 19.5. The number of carbonyl (C=O) groups excluding carboxylic acids is 1. The number of nitrogen functional groups attached to an aromatic ring is 1. The maximum absolute atomic E-state index is 11.3. The molecule has 2 aliphatic heterocycles. The van der Waals surface area contributed by atoms with Crippen LogP contribution in [0.2, 0.25) is 0 Å². The van der Waals surface area contributed by atoms with Gasteiger partial charge >= 0.3 is 0 Å². The molecule has 3 heterocycles. The predicted molar refractivity (Wildman–Crippen MR) is 82.4 cm³/mol. The molecule has 1 aromatic rings. The Morgan fingerprint density at radius 3 is 2.73 bits per heavy atom. The molecule has 0 aromatic carbocycles. The van der Waals surface area contributed by atoms with Gasteiger partial charge in [0.15, 0.2) is 12.0 Å². The average Bonchev–Trinajstić information content (AvgIpc) is 3.17. The summed E-state index contributed by atoms with van der Waals surface area (Å²) < 4.78 is 23.3. The molecular weight excluding hydrogens is 601 g/mol. The molecule has 26 heavy (non-hydrogen) atoms. The normalized spacial score (nSPS) is 29.1. The number of anilines is 1. The molecule has 0 radical (unpaired) electrons. The van der Waals surface area contributed by atoms with Gasteiger partial charge in [0.25, 0.3) is 5.97 Å². The van der Waals surface area contributed by atoms with Crippen LogP contribution in [0.4, 0.5) is 5.82 Å². The molecule has 0 saturated carbocycles. The van der Waals surface area contributed by atoms with Crippen LogP contribution in [0.1, 0.15) is 32.1 Å². The average molecular weight is 623 g/mol. The number of aromatic nitrogens is 2. The fraction of sp³-hybridized carbons (Fsp3) is 0.667. The summed E-state index contributed by atoms with van der Waals surface area (Å²) in [5, 5.41) is 23.7. The molecule has 0 aliphatic carbocycles. The number of ether oxygens (including phenoxy) is 4. The van der Waals surface area contributed by atoms with Gasteiger partial charge in [-0.15, -0.1) is 5.56 Å². The van der Waals surface area contributed by atoms with Crippen molar-refractivity contribution in [1.82, 2.24) is 9.78 Å². The van der Waals surface area contributed by atoms with E-state index in [1.165, 1.54) is 18.0 Å². The summed E-state index contributed by atoms with van der Waals surface area (Å²) in [7, 11) is 1.23. The number of carbonyl (C=O) groups is 1. The predicted octanol–water partition coefficient (Wildman–Crippen LogP) is -0.309. The molecule has 0 amide bonds. The molecule has 2 fully saturated rings. The van der Waals surface area contributed by atoms with E-state index in [0.717, 1.165) is 0 Å². The van der Waals surface area contributed by atoms with E-state index in [4.69, 9.17) is 19.9 Å². The Balaban J connectivity index is 0.00000243. The molecular formula is C15H22N3O7Rf-. The number of aliphatic hydroxyl groups excluding tert-OH is 2. The standard InChI is InChI=1S/C15H22N3O7.Rf/c1-15(2)24-11-9(6-19)23-14(12(11)25-15)18-13(16)7(5-17-18)8(20)4-10(21)22-3;/h5,9,11-12,14,19-20H,4,6,16H2,1-3H3;/q-1;/t9-,11-,12?,14-;/m1./s1. The fourth-order valence-electron chi connectivity index (χ4n) is 3.10. The third kappa shape index (κ3) is 3.16. The molecule has 2 saturated heterocycles. The van der Waals surface area contributed by atoms with E-state index in [1.54, 1.807) is 13.8 Å². The molecule has 2 aliphatic rings. The first-order valence-corrected chi connectivity index (χ1v) is 7.84. The molecule has 4 N–H and O–H groups in total. The molecule has 142 valence electrons. The van der Waals surface area contributed by atoms with Crippen LogP contribution >= 0.6 is 0 Å². The van der Waals surface area contributed by atoms with E-state index in [2.05, 4.69) is 9.84 Å². The van der Waals surface area contributed by atoms with Crippen molar-refractivity contribution < 1.29 is 34.0 Å². The van der Waals surface area contributed by atoms with Gasteiger partial charge in [0.1, 0.15) is 18.3 Å². The van der Waals surface area contributed by atoms with Crippen LogP contribution in [-0.2, 0) is 23.7 Å². The van der Waals surface area contributed by atoms with E-state index in [9.17, 15) is 15.0 Å². The summed E-state index contributed by atoms with van der Waals surface area (Å²) in [5.74, 6) is -1.32. The minimum absolute atomic E-state index is 0. The van der Waals surface area contributed by atoms with E-state index >= 15 is 0 Å². The molecule has 3 rings (SSSR count). The van der Waals surface area contributed by atoms with Crippen molar-refractivity contribution in [2.75, 3.05) is 19.5 Å². The van der Waals surface area contributed by atoms with Crippen LogP contribution in [0.15, 0.2) is 6.20 Å². The van der Waals surface area contributed by atoms with Crippen LogP contribution in [-0.4, -0.2) is 63.8 Å². The van der Waals surface area contributed by atoms with Crippen molar-refractivity contribution in [3.8, 4) is 0 Å². The van der Waals surface area contributed by atoms with Gasteiger partial charge in [-0.2, -0.15) is 0 Å². The number of hydrogen-bond donors (Lipinski definition) is 3. The Hall–Kier alpha value is -2.85. The van der Waals surface area contributed by atoms with Gasteiger partial charge in [-0.25, -0.2) is 0 Å². The number of hydrogen-bond acceptors (Lipinski definition) is 9. The van der Waals surface area contributed by atoms with Gasteiger partial charge in [0.2, 0.25) is 0 Å². The van der Waals surface area contributed by atoms with Crippen LogP contribution < -0.4 is 5.73 Å². The van der Waals surface area contributed by atoms with Gasteiger partial charge in [-0.05, 0) is 20.0 Å². The number of nitrogens with zero attached hydrogens (tertiary/aromatic N) is 2. The minimum atomic E-state index is -0.825. The summed E-state index contributed by atoms with van der Waals surface area (Å²) in [6, 6.07) is 0. The Kier molecular flexibility index (Phi) is 5.10. The zero-order chi connectivity index (χ0) is 18.4. The fourth-order valence-corrected chi connectivity index (χ4v) is 3.10. The summed E-state index contributed by atoms with van der Waals surface area (Å²) >= 11 is 0. The monoisotopic (exact) mass is 623 g/mol. The van der Waals surface area contributed by atoms with E-state index in [0.29, 0.717) is 0 Å². The van der Waals surface area contributed by atoms with Crippen LogP contribution in [0.3, 0.4) is 0 Å². The Morgan fingerprint density at radius 1 is 1.46 bits per heavy atom. The number of aliphatic hydroxyl groups is 2. The minimum Gasteiger partial charge on any atom is -0.469 e. The maximum Gasteiger partial charge on any atom is 0.300 e. The van der Waals surface area contributed by atoms with Gasteiger partial charge < -0.3 is 34.9 Å². The summed E-state index contributed by atoms with van der Waals surface area (Å²) in [4.78, 5) is 11.3. The number of rotatable bonds is 5. The molecule has 1 aromatic heterocycles. The van der Waals surface area contributed by atoms with Gasteiger partial charge in [-0.1, -0.05) is 6.20 Å². The first-order valence-electron chi connectivity index (χ1n) is 7.84. The van der Waals surface area contributed by atoms with Gasteiger partial charge in [-0.3, -0.25) is 14.6 Å². The number of fused-ring (bicyclic) bond motifs is 1. The summed E-state index contributed by atoms with van der Waals surface area (Å²) in [5.41, 5.74) is 6.27. The van der Waals surface area contributed by atoms with Crippen molar-refractivity contribution in [3.63, 3.8) is 0 Å². The van der Waals surface area contributed by atoms with E-state index in [1.807, 2.05) is 0 Å². The smallest absolute Gasteiger partial charge is 0.300 e. The number of methoxy groups -OCH3 is 1. The summed E-state index contributed by atoms with van der Waals surface area (Å²) in [6.07, 6.45) is -1.56. The third-order valence-corrected chi connectivity index (χ3v) is 4.23. The van der Waals surface area contributed by atoms with Crippen molar-refractivity contribution in [3.05, 3.63) is 17.9 Å². The molecule has 0 bridgehead atoms. The van der Waals surface area contributed by atoms with Crippen molar-refractivity contribution >= 4 is 11.8 Å². The molecule has 1 unspecified atom stereocenters. The number of nitrogens with two attached hydrogens (primary N) is 1. The molecule has 0 spiro atoms. The largest absolute Gasteiger partial charge is 0.469 e. The quantitative estimate of drug-likeness (QED) is 0.298. The van der Waals surface area contributed by atoms with E-state index in [-0.39, 0.29) is 30.5 Å². The van der Waals surface area contributed by atoms with Crippen molar-refractivity contribution in [2.24, 2.45) is 0 Å². The molecule has 11 heteroatoms. The second-order valence-electron chi connectivity index (χ2n) is 6.40. The summed E-state index contributed by atoms with van der Waals surface area (Å²) in [6.45, 7) is 3.29. The van der Waals surface area contributed by atoms with Gasteiger partial charge in [0.05, 0.1) is 13.7 Å². The molecule has 4 atom stereocenters.